The third kappa shape index (κ3) is 2.31. The smallest absolute Gasteiger partial charge is 0.314 e. The molecule has 0 N–H and O–H groups in total. The third-order valence-electron chi connectivity index (χ3n) is 2.75. The zero-order valence-electron chi connectivity index (χ0n) is 9.19. The van der Waals surface area contributed by atoms with E-state index >= 15 is 0 Å². The maximum atomic E-state index is 13.1. The first kappa shape index (κ1) is 12.0. The summed E-state index contributed by atoms with van der Waals surface area (Å²) < 4.78 is 13.1. The van der Waals surface area contributed by atoms with Crippen LogP contribution in [0.25, 0.3) is 0 Å². The second-order valence-electron chi connectivity index (χ2n) is 4.02. The molecule has 0 aromatic carbocycles. The van der Waals surface area contributed by atoms with Gasteiger partial charge in [-0.15, -0.1) is 0 Å². The Morgan fingerprint density at radius 1 is 1.71 bits per heavy atom. The number of alkyl halides is 1. The van der Waals surface area contributed by atoms with Crippen molar-refractivity contribution in [1.29, 1.82) is 0 Å². The van der Waals surface area contributed by atoms with E-state index in [1.807, 2.05) is 0 Å². The second-order valence-corrected chi connectivity index (χ2v) is 4.41. The number of nitrogens with zero attached hydrogens (tertiary/aromatic N) is 3. The highest BCUT2D eigenvalue weighted by Crippen LogP contribution is 2.33. The Labute approximate surface area is 102 Å². The minimum atomic E-state index is -0.962. The molecule has 17 heavy (non-hydrogen) atoms. The van der Waals surface area contributed by atoms with Crippen molar-refractivity contribution in [2.45, 2.75) is 19.5 Å². The van der Waals surface area contributed by atoms with E-state index < -0.39 is 11.1 Å². The van der Waals surface area contributed by atoms with Gasteiger partial charge in [-0.25, -0.2) is 9.37 Å². The average Bonchev–Trinajstić information content (AvgIpc) is 2.62. The van der Waals surface area contributed by atoms with Crippen LogP contribution in [0, 0.1) is 17.0 Å². The minimum Gasteiger partial charge on any atom is -0.348 e. The Balaban J connectivity index is 2.47. The number of halogens is 2. The normalized spacial score (nSPS) is 19.7. The summed E-state index contributed by atoms with van der Waals surface area (Å²) in [6.45, 7) is 2.15. The highest BCUT2D eigenvalue weighted by Gasteiger charge is 2.30. The van der Waals surface area contributed by atoms with Gasteiger partial charge in [0.1, 0.15) is 11.3 Å². The van der Waals surface area contributed by atoms with Crippen LogP contribution in [-0.2, 0) is 0 Å². The largest absolute Gasteiger partial charge is 0.348 e. The van der Waals surface area contributed by atoms with Crippen LogP contribution in [0.15, 0.2) is 6.07 Å². The molecule has 2 rings (SSSR count). The Bertz CT molecular complexity index is 469. The van der Waals surface area contributed by atoms with Crippen molar-refractivity contribution < 1.29 is 9.31 Å². The van der Waals surface area contributed by atoms with Crippen LogP contribution < -0.4 is 4.90 Å². The van der Waals surface area contributed by atoms with Gasteiger partial charge in [0.2, 0.25) is 5.82 Å². The van der Waals surface area contributed by atoms with Crippen LogP contribution >= 0.6 is 11.6 Å². The number of hydrogen-bond acceptors (Lipinski definition) is 4. The van der Waals surface area contributed by atoms with Crippen molar-refractivity contribution in [3.8, 4) is 0 Å². The molecule has 1 aromatic heterocycles. The molecule has 1 atom stereocenters. The first-order valence-electron chi connectivity index (χ1n) is 5.19. The van der Waals surface area contributed by atoms with E-state index in [1.165, 1.54) is 6.07 Å². The first-order valence-corrected chi connectivity index (χ1v) is 5.57. The van der Waals surface area contributed by atoms with Crippen molar-refractivity contribution in [3.05, 3.63) is 26.9 Å². The van der Waals surface area contributed by atoms with Gasteiger partial charge >= 0.3 is 5.69 Å². The summed E-state index contributed by atoms with van der Waals surface area (Å²) in [6, 6.07) is 1.44. The van der Waals surface area contributed by atoms with Gasteiger partial charge in [0.15, 0.2) is 0 Å². The van der Waals surface area contributed by atoms with Crippen molar-refractivity contribution in [2.75, 3.05) is 18.0 Å². The van der Waals surface area contributed by atoms with E-state index in [-0.39, 0.29) is 23.2 Å². The number of pyridine rings is 1. The number of aryl methyl sites for hydroxylation is 1. The van der Waals surface area contributed by atoms with Crippen molar-refractivity contribution in [1.82, 2.24) is 4.98 Å². The number of aromatic nitrogens is 1. The Hall–Kier alpha value is -1.43. The SMILES string of the molecule is Cc1cc(Cl)nc(N2CCC(F)C2)c1[N+](=O)[O-]. The number of rotatable bonds is 2. The van der Waals surface area contributed by atoms with Gasteiger partial charge < -0.3 is 4.90 Å². The number of nitro groups is 1. The molecule has 2 heterocycles. The second kappa shape index (κ2) is 4.44. The molecule has 1 saturated heterocycles. The fraction of sp³-hybridized carbons (Fsp3) is 0.500. The van der Waals surface area contributed by atoms with E-state index in [0.29, 0.717) is 18.5 Å². The van der Waals surface area contributed by atoms with Gasteiger partial charge in [0.25, 0.3) is 0 Å². The van der Waals surface area contributed by atoms with Gasteiger partial charge in [-0.1, -0.05) is 11.6 Å². The highest BCUT2D eigenvalue weighted by molar-refractivity contribution is 6.29. The summed E-state index contributed by atoms with van der Waals surface area (Å²) in [4.78, 5) is 16.0. The van der Waals surface area contributed by atoms with Crippen molar-refractivity contribution in [3.63, 3.8) is 0 Å². The zero-order chi connectivity index (χ0) is 12.6. The average molecular weight is 260 g/mol. The lowest BCUT2D eigenvalue weighted by molar-refractivity contribution is -0.384. The first-order chi connectivity index (χ1) is 7.99. The summed E-state index contributed by atoms with van der Waals surface area (Å²) in [5.74, 6) is 0.167. The summed E-state index contributed by atoms with van der Waals surface area (Å²) in [5, 5.41) is 11.2. The monoisotopic (exact) mass is 259 g/mol. The lowest BCUT2D eigenvalue weighted by Gasteiger charge is -2.17. The minimum absolute atomic E-state index is 0.0940. The van der Waals surface area contributed by atoms with Crippen molar-refractivity contribution >= 4 is 23.1 Å². The van der Waals surface area contributed by atoms with Crippen LogP contribution in [0.2, 0.25) is 5.15 Å². The topological polar surface area (TPSA) is 59.3 Å². The van der Waals surface area contributed by atoms with E-state index in [2.05, 4.69) is 4.98 Å². The predicted octanol–water partition coefficient (Wildman–Crippen LogP) is 2.50. The van der Waals surface area contributed by atoms with E-state index in [9.17, 15) is 14.5 Å². The fourth-order valence-corrected chi connectivity index (χ4v) is 2.21. The molecule has 92 valence electrons. The molecule has 0 spiro atoms. The van der Waals surface area contributed by atoms with Crippen LogP contribution in [0.1, 0.15) is 12.0 Å². The number of hydrogen-bond donors (Lipinski definition) is 0. The summed E-state index contributed by atoms with van der Waals surface area (Å²) in [7, 11) is 0. The van der Waals surface area contributed by atoms with E-state index in [1.54, 1.807) is 11.8 Å². The lowest BCUT2D eigenvalue weighted by atomic mass is 10.2. The van der Waals surface area contributed by atoms with Gasteiger partial charge in [-0.05, 0) is 19.4 Å². The van der Waals surface area contributed by atoms with Crippen LogP contribution in [0.4, 0.5) is 15.9 Å². The zero-order valence-corrected chi connectivity index (χ0v) is 9.95. The fourth-order valence-electron chi connectivity index (χ4n) is 1.97. The van der Waals surface area contributed by atoms with Gasteiger partial charge in [-0.3, -0.25) is 10.1 Å². The quantitative estimate of drug-likeness (QED) is 0.465. The Kier molecular flexibility index (Phi) is 3.15. The lowest BCUT2D eigenvalue weighted by Crippen LogP contribution is -2.22. The van der Waals surface area contributed by atoms with Gasteiger partial charge in [0.05, 0.1) is 11.5 Å². The molecule has 7 heteroatoms. The standard InChI is InChI=1S/C10H11ClFN3O2/c1-6-4-8(11)13-10(9(6)15(16)17)14-3-2-7(12)5-14/h4,7H,2-3,5H2,1H3. The molecule has 0 amide bonds. The Morgan fingerprint density at radius 3 is 2.94 bits per heavy atom. The van der Waals surface area contributed by atoms with Crippen LogP contribution in [-0.4, -0.2) is 29.2 Å². The predicted molar refractivity (Wildman–Crippen MR) is 62.4 cm³/mol. The molecule has 0 bridgehead atoms. The van der Waals surface area contributed by atoms with Gasteiger partial charge in [-0.2, -0.15) is 0 Å². The van der Waals surface area contributed by atoms with Crippen molar-refractivity contribution in [2.24, 2.45) is 0 Å². The molecule has 1 fully saturated rings. The number of anilines is 1. The molecule has 1 aliphatic heterocycles. The molecule has 0 aliphatic carbocycles. The molecule has 1 aliphatic rings. The molecular formula is C10H11ClFN3O2. The maximum absolute atomic E-state index is 13.1. The molecule has 1 unspecified atom stereocenters. The molecule has 0 saturated carbocycles. The summed E-state index contributed by atoms with van der Waals surface area (Å²) in [6.07, 6.45) is -0.597. The molecule has 1 aromatic rings. The van der Waals surface area contributed by atoms with E-state index in [0.717, 1.165) is 0 Å². The van der Waals surface area contributed by atoms with Gasteiger partial charge in [0, 0.05) is 12.1 Å². The summed E-state index contributed by atoms with van der Waals surface area (Å²) in [5.41, 5.74) is 0.343. The Morgan fingerprint density at radius 2 is 2.41 bits per heavy atom. The molecule has 5 nitrogen and oxygen atoms in total. The van der Waals surface area contributed by atoms with Crippen LogP contribution in [0.3, 0.4) is 0 Å². The molecule has 0 radical (unpaired) electrons. The van der Waals surface area contributed by atoms with E-state index in [4.69, 9.17) is 11.6 Å². The summed E-state index contributed by atoms with van der Waals surface area (Å²) >= 11 is 5.79. The highest BCUT2D eigenvalue weighted by atomic mass is 35.5. The van der Waals surface area contributed by atoms with Crippen LogP contribution in [0.5, 0.6) is 0 Å². The third-order valence-corrected chi connectivity index (χ3v) is 2.94. The molecular weight excluding hydrogens is 249 g/mol. The maximum Gasteiger partial charge on any atom is 0.314 e.